The first-order chi connectivity index (χ1) is 12.8. The van der Waals surface area contributed by atoms with Crippen LogP contribution in [0.3, 0.4) is 0 Å². The van der Waals surface area contributed by atoms with E-state index >= 15 is 0 Å². The van der Waals surface area contributed by atoms with E-state index in [2.05, 4.69) is 21.3 Å². The molecule has 1 saturated heterocycles. The average molecular weight is 357 g/mol. The molecule has 2 aromatic rings. The zero-order valence-corrected chi connectivity index (χ0v) is 15.7. The first-order valence-corrected chi connectivity index (χ1v) is 8.94. The maximum absolute atomic E-state index is 5.56. The Bertz CT molecular complexity index is 676. The summed E-state index contributed by atoms with van der Waals surface area (Å²) in [6, 6.07) is 10.1. The van der Waals surface area contributed by atoms with Crippen LogP contribution in [0.2, 0.25) is 0 Å². The predicted molar refractivity (Wildman–Crippen MR) is 101 cm³/mol. The molecule has 3 rings (SSSR count). The lowest BCUT2D eigenvalue weighted by atomic mass is 9.99. The summed E-state index contributed by atoms with van der Waals surface area (Å²) in [4.78, 5) is 7.10. The van der Waals surface area contributed by atoms with E-state index in [1.54, 1.807) is 21.3 Å². The van der Waals surface area contributed by atoms with Gasteiger partial charge in [-0.15, -0.1) is 0 Å². The van der Waals surface area contributed by atoms with Crippen LogP contribution in [0.5, 0.6) is 17.2 Å². The van der Waals surface area contributed by atoms with Gasteiger partial charge in [-0.1, -0.05) is 6.07 Å². The van der Waals surface area contributed by atoms with E-state index in [0.717, 1.165) is 43.9 Å². The molecular weight excluding hydrogens is 330 g/mol. The van der Waals surface area contributed by atoms with Gasteiger partial charge in [0.1, 0.15) is 0 Å². The third-order valence-electron chi connectivity index (χ3n) is 4.71. The van der Waals surface area contributed by atoms with Gasteiger partial charge in [0.15, 0.2) is 11.5 Å². The molecule has 6 nitrogen and oxygen atoms in total. The van der Waals surface area contributed by atoms with Gasteiger partial charge in [-0.25, -0.2) is 0 Å². The van der Waals surface area contributed by atoms with Gasteiger partial charge >= 0.3 is 0 Å². The van der Waals surface area contributed by atoms with Crippen LogP contribution in [0.1, 0.15) is 23.7 Å². The minimum atomic E-state index is 0.0322. The molecule has 1 fully saturated rings. The molecule has 1 aromatic heterocycles. The normalized spacial score (nSPS) is 16.6. The Kier molecular flexibility index (Phi) is 6.30. The molecule has 0 amide bonds. The number of ether oxygens (including phenoxy) is 3. The number of pyridine rings is 1. The van der Waals surface area contributed by atoms with Crippen LogP contribution in [0.4, 0.5) is 0 Å². The molecule has 1 unspecified atom stereocenters. The Labute approximate surface area is 155 Å². The Morgan fingerprint density at radius 3 is 2.38 bits per heavy atom. The standard InChI is InChI=1S/C20H27N3O3/c1-24-17-13-15(14-18(25-2)20(17)26-3)19(16-7-4-5-9-22-16)23-11-6-8-21-10-12-23/h4-5,7,9,13-14,19,21H,6,8,10-12H2,1-3H3. The Hall–Kier alpha value is -2.31. The number of hydrogen-bond acceptors (Lipinski definition) is 6. The zero-order valence-electron chi connectivity index (χ0n) is 15.7. The quantitative estimate of drug-likeness (QED) is 0.857. The van der Waals surface area contributed by atoms with E-state index in [1.165, 1.54) is 0 Å². The summed E-state index contributed by atoms with van der Waals surface area (Å²) in [6.07, 6.45) is 2.95. The molecule has 0 saturated carbocycles. The highest BCUT2D eigenvalue weighted by molar-refractivity contribution is 5.55. The molecule has 1 N–H and O–H groups in total. The van der Waals surface area contributed by atoms with E-state index < -0.39 is 0 Å². The van der Waals surface area contributed by atoms with E-state index in [-0.39, 0.29) is 6.04 Å². The van der Waals surface area contributed by atoms with Gasteiger partial charge in [0.2, 0.25) is 5.75 Å². The zero-order chi connectivity index (χ0) is 18.4. The van der Waals surface area contributed by atoms with Gasteiger partial charge in [-0.05, 0) is 42.8 Å². The van der Waals surface area contributed by atoms with Crippen molar-refractivity contribution in [2.45, 2.75) is 12.5 Å². The highest BCUT2D eigenvalue weighted by Gasteiger charge is 2.27. The highest BCUT2D eigenvalue weighted by Crippen LogP contribution is 2.41. The fourth-order valence-electron chi connectivity index (χ4n) is 3.49. The minimum Gasteiger partial charge on any atom is -0.493 e. The number of nitrogens with zero attached hydrogens (tertiary/aromatic N) is 2. The van der Waals surface area contributed by atoms with Gasteiger partial charge in [0.05, 0.1) is 33.1 Å². The van der Waals surface area contributed by atoms with Crippen molar-refractivity contribution in [3.63, 3.8) is 0 Å². The van der Waals surface area contributed by atoms with E-state index in [9.17, 15) is 0 Å². The lowest BCUT2D eigenvalue weighted by Gasteiger charge is -2.31. The maximum Gasteiger partial charge on any atom is 0.203 e. The molecule has 1 aliphatic rings. The summed E-state index contributed by atoms with van der Waals surface area (Å²) in [5, 5.41) is 3.47. The molecule has 0 aliphatic carbocycles. The van der Waals surface area contributed by atoms with Crippen LogP contribution >= 0.6 is 0 Å². The Morgan fingerprint density at radius 2 is 1.77 bits per heavy atom. The molecule has 0 radical (unpaired) electrons. The minimum absolute atomic E-state index is 0.0322. The van der Waals surface area contributed by atoms with Gasteiger partial charge < -0.3 is 19.5 Å². The molecule has 1 aliphatic heterocycles. The third kappa shape index (κ3) is 3.92. The van der Waals surface area contributed by atoms with Crippen LogP contribution < -0.4 is 19.5 Å². The largest absolute Gasteiger partial charge is 0.493 e. The summed E-state index contributed by atoms with van der Waals surface area (Å²) in [5.74, 6) is 1.93. The van der Waals surface area contributed by atoms with Crippen LogP contribution in [0, 0.1) is 0 Å². The monoisotopic (exact) mass is 357 g/mol. The average Bonchev–Trinajstić information content (AvgIpc) is 2.97. The van der Waals surface area contributed by atoms with Crippen molar-refractivity contribution in [1.29, 1.82) is 0 Å². The van der Waals surface area contributed by atoms with Crippen molar-refractivity contribution in [2.75, 3.05) is 47.5 Å². The van der Waals surface area contributed by atoms with Crippen LogP contribution in [-0.2, 0) is 0 Å². The van der Waals surface area contributed by atoms with Crippen molar-refractivity contribution in [2.24, 2.45) is 0 Å². The van der Waals surface area contributed by atoms with E-state index in [4.69, 9.17) is 14.2 Å². The molecule has 26 heavy (non-hydrogen) atoms. The lowest BCUT2D eigenvalue weighted by molar-refractivity contribution is 0.235. The van der Waals surface area contributed by atoms with Crippen molar-refractivity contribution in [1.82, 2.24) is 15.2 Å². The summed E-state index contributed by atoms with van der Waals surface area (Å²) >= 11 is 0. The van der Waals surface area contributed by atoms with Crippen molar-refractivity contribution in [3.8, 4) is 17.2 Å². The summed E-state index contributed by atoms with van der Waals surface area (Å²) in [6.45, 7) is 3.97. The van der Waals surface area contributed by atoms with E-state index in [0.29, 0.717) is 17.2 Å². The van der Waals surface area contributed by atoms with Crippen LogP contribution in [-0.4, -0.2) is 57.4 Å². The number of rotatable bonds is 6. The molecule has 2 heterocycles. The van der Waals surface area contributed by atoms with E-state index in [1.807, 2.05) is 30.5 Å². The molecule has 140 valence electrons. The van der Waals surface area contributed by atoms with Crippen molar-refractivity contribution in [3.05, 3.63) is 47.8 Å². The van der Waals surface area contributed by atoms with Crippen molar-refractivity contribution >= 4 is 0 Å². The van der Waals surface area contributed by atoms with Gasteiger partial charge in [-0.2, -0.15) is 0 Å². The van der Waals surface area contributed by atoms with Gasteiger partial charge in [0, 0.05) is 25.8 Å². The third-order valence-corrected chi connectivity index (χ3v) is 4.71. The van der Waals surface area contributed by atoms with Gasteiger partial charge in [0.25, 0.3) is 0 Å². The molecule has 0 spiro atoms. The second kappa shape index (κ2) is 8.87. The molecule has 1 aromatic carbocycles. The fraction of sp³-hybridized carbons (Fsp3) is 0.450. The second-order valence-electron chi connectivity index (χ2n) is 6.26. The number of methoxy groups -OCH3 is 3. The second-order valence-corrected chi connectivity index (χ2v) is 6.26. The fourth-order valence-corrected chi connectivity index (χ4v) is 3.49. The number of nitrogens with one attached hydrogen (secondary N) is 1. The van der Waals surface area contributed by atoms with Gasteiger partial charge in [-0.3, -0.25) is 9.88 Å². The smallest absolute Gasteiger partial charge is 0.203 e. The predicted octanol–water partition coefficient (Wildman–Crippen LogP) is 2.49. The topological polar surface area (TPSA) is 55.9 Å². The number of benzene rings is 1. The van der Waals surface area contributed by atoms with Crippen molar-refractivity contribution < 1.29 is 14.2 Å². The summed E-state index contributed by atoms with van der Waals surface area (Å²) in [5.41, 5.74) is 2.10. The highest BCUT2D eigenvalue weighted by atomic mass is 16.5. The molecule has 6 heteroatoms. The van der Waals surface area contributed by atoms with Crippen LogP contribution in [0.15, 0.2) is 36.5 Å². The summed E-state index contributed by atoms with van der Waals surface area (Å²) < 4.78 is 16.6. The molecule has 0 bridgehead atoms. The Balaban J connectivity index is 2.09. The first-order valence-electron chi connectivity index (χ1n) is 8.94. The lowest BCUT2D eigenvalue weighted by Crippen LogP contribution is -2.33. The first kappa shape index (κ1) is 18.5. The summed E-state index contributed by atoms with van der Waals surface area (Å²) in [7, 11) is 4.91. The number of hydrogen-bond donors (Lipinski definition) is 1. The molecular formula is C20H27N3O3. The van der Waals surface area contributed by atoms with Crippen LogP contribution in [0.25, 0.3) is 0 Å². The number of aromatic nitrogens is 1. The molecule has 1 atom stereocenters. The SMILES string of the molecule is COc1cc(C(c2ccccn2)N2CCCNCC2)cc(OC)c1OC. The maximum atomic E-state index is 5.56. The Morgan fingerprint density at radius 1 is 1.00 bits per heavy atom.